The van der Waals surface area contributed by atoms with Gasteiger partial charge in [-0.15, -0.1) is 0 Å². The monoisotopic (exact) mass is 342 g/mol. The molecule has 0 spiro atoms. The molecule has 1 fully saturated rings. The van der Waals surface area contributed by atoms with Crippen LogP contribution in [0, 0.1) is 0 Å². The van der Waals surface area contributed by atoms with E-state index in [0.717, 1.165) is 15.7 Å². The fourth-order valence-corrected chi connectivity index (χ4v) is 2.86. The highest BCUT2D eigenvalue weighted by Crippen LogP contribution is 2.20. The van der Waals surface area contributed by atoms with E-state index in [1.54, 1.807) is 0 Å². The lowest BCUT2D eigenvalue weighted by molar-refractivity contribution is 0.578. The van der Waals surface area contributed by atoms with Gasteiger partial charge in [0.2, 0.25) is 0 Å². The van der Waals surface area contributed by atoms with Crippen molar-refractivity contribution in [3.63, 3.8) is 0 Å². The summed E-state index contributed by atoms with van der Waals surface area (Å²) in [5.41, 5.74) is 3.44. The van der Waals surface area contributed by atoms with Gasteiger partial charge in [0.05, 0.1) is 5.69 Å². The second-order valence-electron chi connectivity index (χ2n) is 5.37. The van der Waals surface area contributed by atoms with Crippen molar-refractivity contribution in [2.75, 3.05) is 18.0 Å². The fourth-order valence-electron chi connectivity index (χ4n) is 2.60. The SMILES string of the molecule is Brc1ccc(N=Cc2ccc(N3CCCCC3)cc2)cc1. The van der Waals surface area contributed by atoms with E-state index in [0.29, 0.717) is 0 Å². The van der Waals surface area contributed by atoms with Crippen molar-refractivity contribution in [2.45, 2.75) is 19.3 Å². The highest BCUT2D eigenvalue weighted by Gasteiger charge is 2.09. The number of rotatable bonds is 3. The Bertz CT molecular complexity index is 596. The number of nitrogens with zero attached hydrogens (tertiary/aromatic N) is 2. The smallest absolute Gasteiger partial charge is 0.0630 e. The molecular weight excluding hydrogens is 324 g/mol. The van der Waals surface area contributed by atoms with Crippen LogP contribution in [0.1, 0.15) is 24.8 Å². The van der Waals surface area contributed by atoms with Crippen LogP contribution in [0.2, 0.25) is 0 Å². The lowest BCUT2D eigenvalue weighted by Crippen LogP contribution is -2.29. The van der Waals surface area contributed by atoms with Gasteiger partial charge in [0.25, 0.3) is 0 Å². The molecule has 2 aromatic carbocycles. The molecule has 0 atom stereocenters. The molecule has 1 aliphatic rings. The maximum Gasteiger partial charge on any atom is 0.0630 e. The van der Waals surface area contributed by atoms with E-state index in [1.165, 1.54) is 38.0 Å². The first-order chi connectivity index (χ1) is 10.3. The molecule has 0 bridgehead atoms. The first kappa shape index (κ1) is 14.3. The Morgan fingerprint density at radius 1 is 0.857 bits per heavy atom. The van der Waals surface area contributed by atoms with Gasteiger partial charge in [0.15, 0.2) is 0 Å². The second-order valence-corrected chi connectivity index (χ2v) is 6.29. The Morgan fingerprint density at radius 3 is 2.19 bits per heavy atom. The second kappa shape index (κ2) is 6.90. The molecule has 2 aromatic rings. The summed E-state index contributed by atoms with van der Waals surface area (Å²) in [4.78, 5) is 6.97. The largest absolute Gasteiger partial charge is 0.372 e. The average Bonchev–Trinajstić information content (AvgIpc) is 2.56. The van der Waals surface area contributed by atoms with Crippen LogP contribution < -0.4 is 4.90 Å². The van der Waals surface area contributed by atoms with Crippen molar-refractivity contribution in [3.05, 3.63) is 58.6 Å². The number of piperidine rings is 1. The molecular formula is C18H19BrN2. The van der Waals surface area contributed by atoms with Crippen LogP contribution in [0.3, 0.4) is 0 Å². The summed E-state index contributed by atoms with van der Waals surface area (Å²) in [6, 6.07) is 16.7. The summed E-state index contributed by atoms with van der Waals surface area (Å²) in [6.07, 6.45) is 5.91. The van der Waals surface area contributed by atoms with Crippen molar-refractivity contribution < 1.29 is 0 Å². The molecule has 2 nitrogen and oxygen atoms in total. The van der Waals surface area contributed by atoms with E-state index in [-0.39, 0.29) is 0 Å². The number of hydrogen-bond acceptors (Lipinski definition) is 2. The summed E-state index contributed by atoms with van der Waals surface area (Å²) in [6.45, 7) is 2.37. The van der Waals surface area contributed by atoms with Crippen molar-refractivity contribution in [1.29, 1.82) is 0 Å². The molecule has 0 saturated carbocycles. The van der Waals surface area contributed by atoms with Crippen LogP contribution in [0.15, 0.2) is 58.0 Å². The van der Waals surface area contributed by atoms with Gasteiger partial charge in [-0.3, -0.25) is 4.99 Å². The molecule has 0 unspecified atom stereocenters. The molecule has 1 aliphatic heterocycles. The third kappa shape index (κ3) is 3.94. The number of halogens is 1. The zero-order chi connectivity index (χ0) is 14.5. The normalized spacial score (nSPS) is 15.6. The van der Waals surface area contributed by atoms with E-state index < -0.39 is 0 Å². The fraction of sp³-hybridized carbons (Fsp3) is 0.278. The maximum atomic E-state index is 4.50. The Morgan fingerprint density at radius 2 is 1.52 bits per heavy atom. The summed E-state index contributed by atoms with van der Waals surface area (Å²) in [5, 5.41) is 0. The van der Waals surface area contributed by atoms with Crippen LogP contribution in [-0.2, 0) is 0 Å². The van der Waals surface area contributed by atoms with E-state index in [9.17, 15) is 0 Å². The Kier molecular flexibility index (Phi) is 4.71. The van der Waals surface area contributed by atoms with Gasteiger partial charge in [-0.25, -0.2) is 0 Å². The number of aliphatic imine (C=N–C) groups is 1. The van der Waals surface area contributed by atoms with Gasteiger partial charge in [0, 0.05) is 29.5 Å². The molecule has 0 aliphatic carbocycles. The van der Waals surface area contributed by atoms with Gasteiger partial charge in [-0.05, 0) is 61.2 Å². The Labute approximate surface area is 134 Å². The minimum absolute atomic E-state index is 0.971. The number of hydrogen-bond donors (Lipinski definition) is 0. The average molecular weight is 343 g/mol. The zero-order valence-corrected chi connectivity index (χ0v) is 13.6. The molecule has 0 radical (unpaired) electrons. The highest BCUT2D eigenvalue weighted by atomic mass is 79.9. The molecule has 3 heteroatoms. The minimum atomic E-state index is 0.971. The summed E-state index contributed by atoms with van der Waals surface area (Å²) in [7, 11) is 0. The predicted molar refractivity (Wildman–Crippen MR) is 93.9 cm³/mol. The van der Waals surface area contributed by atoms with Gasteiger partial charge in [-0.2, -0.15) is 0 Å². The summed E-state index contributed by atoms with van der Waals surface area (Å²) >= 11 is 3.43. The van der Waals surface area contributed by atoms with Gasteiger partial charge < -0.3 is 4.90 Å². The number of benzene rings is 2. The first-order valence-corrected chi connectivity index (χ1v) is 8.25. The molecule has 0 amide bonds. The summed E-state index contributed by atoms with van der Waals surface area (Å²) in [5.74, 6) is 0. The first-order valence-electron chi connectivity index (χ1n) is 7.46. The Balaban J connectivity index is 1.67. The minimum Gasteiger partial charge on any atom is -0.372 e. The molecule has 108 valence electrons. The molecule has 0 aromatic heterocycles. The molecule has 1 heterocycles. The highest BCUT2D eigenvalue weighted by molar-refractivity contribution is 9.10. The van der Waals surface area contributed by atoms with Crippen molar-refractivity contribution >= 4 is 33.5 Å². The van der Waals surface area contributed by atoms with Crippen molar-refractivity contribution in [1.82, 2.24) is 0 Å². The van der Waals surface area contributed by atoms with E-state index in [4.69, 9.17) is 0 Å². The maximum absolute atomic E-state index is 4.50. The third-order valence-corrected chi connectivity index (χ3v) is 4.33. The van der Waals surface area contributed by atoms with E-state index in [1.807, 2.05) is 30.5 Å². The van der Waals surface area contributed by atoms with Gasteiger partial charge >= 0.3 is 0 Å². The van der Waals surface area contributed by atoms with Crippen LogP contribution in [-0.4, -0.2) is 19.3 Å². The lowest BCUT2D eigenvalue weighted by Gasteiger charge is -2.28. The zero-order valence-electron chi connectivity index (χ0n) is 12.0. The van der Waals surface area contributed by atoms with Crippen molar-refractivity contribution in [3.8, 4) is 0 Å². The quantitative estimate of drug-likeness (QED) is 0.700. The predicted octanol–water partition coefficient (Wildman–Crippen LogP) is 5.19. The molecule has 3 rings (SSSR count). The van der Waals surface area contributed by atoms with E-state index >= 15 is 0 Å². The topological polar surface area (TPSA) is 15.6 Å². The Hall–Kier alpha value is -1.61. The third-order valence-electron chi connectivity index (χ3n) is 3.80. The van der Waals surface area contributed by atoms with Gasteiger partial charge in [-0.1, -0.05) is 28.1 Å². The van der Waals surface area contributed by atoms with Crippen molar-refractivity contribution in [2.24, 2.45) is 4.99 Å². The van der Waals surface area contributed by atoms with Crippen LogP contribution in [0.4, 0.5) is 11.4 Å². The molecule has 1 saturated heterocycles. The summed E-state index contributed by atoms with van der Waals surface area (Å²) < 4.78 is 1.08. The standard InChI is InChI=1S/C18H19BrN2/c19-16-6-8-17(9-7-16)20-14-15-4-10-18(11-5-15)21-12-2-1-3-13-21/h4-11,14H,1-3,12-13H2. The van der Waals surface area contributed by atoms with Crippen LogP contribution in [0.5, 0.6) is 0 Å². The van der Waals surface area contributed by atoms with Gasteiger partial charge in [0.1, 0.15) is 0 Å². The molecule has 0 N–H and O–H groups in total. The van der Waals surface area contributed by atoms with Crippen LogP contribution >= 0.6 is 15.9 Å². The number of anilines is 1. The lowest BCUT2D eigenvalue weighted by atomic mass is 10.1. The van der Waals surface area contributed by atoms with E-state index in [2.05, 4.69) is 50.1 Å². The molecule has 21 heavy (non-hydrogen) atoms. The van der Waals surface area contributed by atoms with Crippen LogP contribution in [0.25, 0.3) is 0 Å².